The summed E-state index contributed by atoms with van der Waals surface area (Å²) in [4.78, 5) is 23.9. The summed E-state index contributed by atoms with van der Waals surface area (Å²) in [7, 11) is 0. The Morgan fingerprint density at radius 1 is 1.30 bits per heavy atom. The van der Waals surface area contributed by atoms with Crippen LogP contribution in [0.4, 0.5) is 0 Å². The Hall–Kier alpha value is -1.30. The van der Waals surface area contributed by atoms with Gasteiger partial charge in [0.05, 0.1) is 0 Å². The van der Waals surface area contributed by atoms with Gasteiger partial charge in [-0.05, 0) is 41.8 Å². The number of halogens is 1. The van der Waals surface area contributed by atoms with E-state index in [-0.39, 0.29) is 5.76 Å². The lowest BCUT2D eigenvalue weighted by Crippen LogP contribution is -2.54. The number of furan rings is 1. The second kappa shape index (κ2) is 5.99. The molecule has 2 rings (SSSR count). The average molecular weight is 344 g/mol. The number of aliphatic carboxylic acids is 1. The van der Waals surface area contributed by atoms with Crippen LogP contribution in [0.2, 0.25) is 0 Å². The van der Waals surface area contributed by atoms with Crippen molar-refractivity contribution in [2.45, 2.75) is 51.0 Å². The first-order valence-corrected chi connectivity index (χ1v) is 7.56. The highest BCUT2D eigenvalue weighted by Crippen LogP contribution is 2.28. The maximum Gasteiger partial charge on any atom is 0.329 e. The summed E-state index contributed by atoms with van der Waals surface area (Å²) >= 11 is 3.17. The quantitative estimate of drug-likeness (QED) is 0.825. The summed E-state index contributed by atoms with van der Waals surface area (Å²) < 4.78 is 5.75. The molecular formula is C14H18BrNO4. The van der Waals surface area contributed by atoms with Gasteiger partial charge in [-0.15, -0.1) is 0 Å². The zero-order valence-corrected chi connectivity index (χ0v) is 13.0. The molecule has 0 unspecified atom stereocenters. The number of hydrogen-bond acceptors (Lipinski definition) is 3. The first-order chi connectivity index (χ1) is 9.44. The van der Waals surface area contributed by atoms with Crippen LogP contribution < -0.4 is 5.32 Å². The first kappa shape index (κ1) is 15.1. The fraction of sp³-hybridized carbons (Fsp3) is 0.571. The van der Waals surface area contributed by atoms with E-state index < -0.39 is 17.4 Å². The fourth-order valence-electron chi connectivity index (χ4n) is 2.67. The number of rotatable bonds is 3. The maximum atomic E-state index is 12.3. The molecule has 1 amide bonds. The molecule has 5 nitrogen and oxygen atoms in total. The van der Waals surface area contributed by atoms with E-state index in [1.165, 1.54) is 0 Å². The number of carboxylic acids is 1. The van der Waals surface area contributed by atoms with Crippen molar-refractivity contribution in [2.75, 3.05) is 0 Å². The zero-order chi connectivity index (χ0) is 14.8. The molecule has 1 heterocycles. The SMILES string of the molecule is Cc1cc(Br)oc1C(=O)NC1(C(=O)O)CCCCCC1. The van der Waals surface area contributed by atoms with Gasteiger partial charge in [-0.2, -0.15) is 0 Å². The van der Waals surface area contributed by atoms with E-state index in [1.54, 1.807) is 13.0 Å². The molecule has 2 N–H and O–H groups in total. The zero-order valence-electron chi connectivity index (χ0n) is 11.4. The van der Waals surface area contributed by atoms with Crippen LogP contribution in [0.5, 0.6) is 0 Å². The molecular weight excluding hydrogens is 326 g/mol. The van der Waals surface area contributed by atoms with Gasteiger partial charge in [0.25, 0.3) is 5.91 Å². The third-order valence-corrected chi connectivity index (χ3v) is 4.20. The molecule has 1 aliphatic carbocycles. The van der Waals surface area contributed by atoms with Crippen LogP contribution in [-0.4, -0.2) is 22.5 Å². The van der Waals surface area contributed by atoms with Crippen LogP contribution in [-0.2, 0) is 4.79 Å². The van der Waals surface area contributed by atoms with Crippen LogP contribution >= 0.6 is 15.9 Å². The number of carbonyl (C=O) groups excluding carboxylic acids is 1. The normalized spacial score (nSPS) is 18.3. The van der Waals surface area contributed by atoms with E-state index in [0.29, 0.717) is 23.1 Å². The Labute approximate surface area is 125 Å². The highest BCUT2D eigenvalue weighted by molar-refractivity contribution is 9.10. The van der Waals surface area contributed by atoms with Gasteiger partial charge < -0.3 is 14.8 Å². The summed E-state index contributed by atoms with van der Waals surface area (Å²) in [6.07, 6.45) is 4.58. The monoisotopic (exact) mass is 343 g/mol. The van der Waals surface area contributed by atoms with E-state index in [2.05, 4.69) is 21.2 Å². The number of carboxylic acid groups (broad SMARTS) is 1. The third-order valence-electron chi connectivity index (χ3n) is 3.81. The average Bonchev–Trinajstić information content (AvgIpc) is 2.60. The van der Waals surface area contributed by atoms with Crippen molar-refractivity contribution in [1.29, 1.82) is 0 Å². The molecule has 0 aromatic carbocycles. The van der Waals surface area contributed by atoms with Crippen LogP contribution in [0.3, 0.4) is 0 Å². The predicted molar refractivity (Wildman–Crippen MR) is 76.7 cm³/mol. The van der Waals surface area contributed by atoms with Crippen molar-refractivity contribution in [1.82, 2.24) is 5.32 Å². The number of amides is 1. The van der Waals surface area contributed by atoms with Gasteiger partial charge in [0.1, 0.15) is 5.54 Å². The standard InChI is InChI=1S/C14H18BrNO4/c1-9-8-10(15)20-11(9)12(17)16-14(13(18)19)6-4-2-3-5-7-14/h8H,2-7H2,1H3,(H,16,17)(H,18,19). The van der Waals surface area contributed by atoms with E-state index in [0.717, 1.165) is 25.7 Å². The van der Waals surface area contributed by atoms with Gasteiger partial charge in [0.15, 0.2) is 10.4 Å². The Bertz CT molecular complexity index is 515. The highest BCUT2D eigenvalue weighted by Gasteiger charge is 2.40. The van der Waals surface area contributed by atoms with Gasteiger partial charge >= 0.3 is 5.97 Å². The molecule has 1 fully saturated rings. The van der Waals surface area contributed by atoms with Crippen molar-refractivity contribution in [2.24, 2.45) is 0 Å². The van der Waals surface area contributed by atoms with E-state index in [4.69, 9.17) is 4.42 Å². The van der Waals surface area contributed by atoms with Crippen LogP contribution in [0.15, 0.2) is 15.2 Å². The molecule has 110 valence electrons. The highest BCUT2D eigenvalue weighted by atomic mass is 79.9. The lowest BCUT2D eigenvalue weighted by Gasteiger charge is -2.28. The van der Waals surface area contributed by atoms with Crippen LogP contribution in [0.25, 0.3) is 0 Å². The molecule has 1 saturated carbocycles. The van der Waals surface area contributed by atoms with Gasteiger partial charge in [-0.1, -0.05) is 25.7 Å². The van der Waals surface area contributed by atoms with Gasteiger partial charge in [-0.25, -0.2) is 4.79 Å². The van der Waals surface area contributed by atoms with Gasteiger partial charge in [0.2, 0.25) is 0 Å². The van der Waals surface area contributed by atoms with Crippen LogP contribution in [0.1, 0.15) is 54.6 Å². The number of carbonyl (C=O) groups is 2. The minimum atomic E-state index is -1.17. The Morgan fingerprint density at radius 3 is 2.35 bits per heavy atom. The summed E-state index contributed by atoms with van der Waals surface area (Å²) in [6, 6.07) is 1.69. The van der Waals surface area contributed by atoms with Crippen LogP contribution in [0, 0.1) is 6.92 Å². The van der Waals surface area contributed by atoms with E-state index in [9.17, 15) is 14.7 Å². The minimum Gasteiger partial charge on any atom is -0.480 e. The first-order valence-electron chi connectivity index (χ1n) is 6.76. The molecule has 1 aromatic heterocycles. The summed E-state index contributed by atoms with van der Waals surface area (Å²) in [6.45, 7) is 1.75. The minimum absolute atomic E-state index is 0.168. The largest absolute Gasteiger partial charge is 0.480 e. The van der Waals surface area contributed by atoms with E-state index in [1.807, 2.05) is 0 Å². The second-order valence-corrected chi connectivity index (χ2v) is 6.10. The number of nitrogens with one attached hydrogen (secondary N) is 1. The molecule has 0 bridgehead atoms. The molecule has 6 heteroatoms. The maximum absolute atomic E-state index is 12.3. The molecule has 0 saturated heterocycles. The lowest BCUT2D eigenvalue weighted by molar-refractivity contribution is -0.145. The molecule has 20 heavy (non-hydrogen) atoms. The topological polar surface area (TPSA) is 79.5 Å². The Balaban J connectivity index is 2.21. The van der Waals surface area contributed by atoms with Gasteiger partial charge in [-0.3, -0.25) is 4.79 Å². The number of hydrogen-bond donors (Lipinski definition) is 2. The van der Waals surface area contributed by atoms with Crippen molar-refractivity contribution in [3.8, 4) is 0 Å². The predicted octanol–water partition coefficient (Wildman–Crippen LogP) is 3.26. The molecule has 0 radical (unpaired) electrons. The second-order valence-electron chi connectivity index (χ2n) is 5.32. The van der Waals surface area contributed by atoms with Gasteiger partial charge in [0, 0.05) is 5.56 Å². The fourth-order valence-corrected chi connectivity index (χ4v) is 3.17. The third kappa shape index (κ3) is 3.06. The molecule has 0 spiro atoms. The molecule has 1 aliphatic rings. The summed E-state index contributed by atoms with van der Waals surface area (Å²) in [5.41, 5.74) is -0.484. The Kier molecular flexibility index (Phi) is 4.52. The van der Waals surface area contributed by atoms with Crippen molar-refractivity contribution in [3.05, 3.63) is 22.1 Å². The Morgan fingerprint density at radius 2 is 1.90 bits per heavy atom. The number of aryl methyl sites for hydroxylation is 1. The van der Waals surface area contributed by atoms with E-state index >= 15 is 0 Å². The van der Waals surface area contributed by atoms with Crippen molar-refractivity contribution >= 4 is 27.8 Å². The summed E-state index contributed by atoms with van der Waals surface area (Å²) in [5.74, 6) is -1.25. The smallest absolute Gasteiger partial charge is 0.329 e. The molecule has 0 aliphatic heterocycles. The lowest BCUT2D eigenvalue weighted by atomic mass is 9.90. The van der Waals surface area contributed by atoms with Crippen molar-refractivity contribution in [3.63, 3.8) is 0 Å². The molecule has 0 atom stereocenters. The summed E-state index contributed by atoms with van der Waals surface area (Å²) in [5, 5.41) is 12.2. The molecule has 1 aromatic rings. The van der Waals surface area contributed by atoms with Crippen molar-refractivity contribution < 1.29 is 19.1 Å².